The molecule has 0 saturated carbocycles. The number of amides is 3. The number of hydrogen-bond donors (Lipinski definition) is 1. The number of nitrogens with zero attached hydrogens (tertiary/aromatic N) is 3. The van der Waals surface area contributed by atoms with E-state index in [9.17, 15) is 45.8 Å². The summed E-state index contributed by atoms with van der Waals surface area (Å²) in [5.41, 5.74) is -5.37. The predicted octanol–water partition coefficient (Wildman–Crippen LogP) is 5.71. The van der Waals surface area contributed by atoms with Gasteiger partial charge in [-0.1, -0.05) is 0 Å². The van der Waals surface area contributed by atoms with Crippen molar-refractivity contribution in [2.24, 2.45) is 0 Å². The van der Waals surface area contributed by atoms with Crippen LogP contribution in [-0.4, -0.2) is 81.8 Å². The van der Waals surface area contributed by atoms with Crippen LogP contribution in [0.4, 0.5) is 35.9 Å². The zero-order valence-corrected chi connectivity index (χ0v) is 21.7. The zero-order chi connectivity index (χ0) is 29.3. The minimum absolute atomic E-state index is 0.0691. The Morgan fingerprint density at radius 2 is 1.49 bits per heavy atom. The molecule has 218 valence electrons. The average Bonchev–Trinajstić information content (AvgIpc) is 3.12. The van der Waals surface area contributed by atoms with Crippen molar-refractivity contribution in [1.29, 1.82) is 0 Å². The second kappa shape index (κ2) is 11.2. The van der Waals surface area contributed by atoms with E-state index in [0.29, 0.717) is 55.9 Å². The molecule has 2 heterocycles. The summed E-state index contributed by atoms with van der Waals surface area (Å²) in [7, 11) is 0. The molecule has 3 amide bonds. The number of carbonyl (C=O) groups is 3. The van der Waals surface area contributed by atoms with Gasteiger partial charge >= 0.3 is 24.5 Å². The van der Waals surface area contributed by atoms with Gasteiger partial charge in [0.2, 0.25) is 0 Å². The van der Waals surface area contributed by atoms with Crippen molar-refractivity contribution in [2.45, 2.75) is 76.5 Å². The fraction of sp³-hybridized carbons (Fsp3) is 0.640. The molecule has 14 heteroatoms. The highest BCUT2D eigenvalue weighted by molar-refractivity contribution is 6.03. The molecule has 1 aromatic rings. The predicted molar refractivity (Wildman–Crippen MR) is 126 cm³/mol. The van der Waals surface area contributed by atoms with E-state index in [-0.39, 0.29) is 25.1 Å². The van der Waals surface area contributed by atoms with Crippen molar-refractivity contribution in [3.63, 3.8) is 0 Å². The van der Waals surface area contributed by atoms with E-state index in [1.54, 1.807) is 0 Å². The molecule has 0 aromatic heterocycles. The van der Waals surface area contributed by atoms with Gasteiger partial charge in [0, 0.05) is 37.8 Å². The molecule has 0 spiro atoms. The van der Waals surface area contributed by atoms with Crippen LogP contribution >= 0.6 is 0 Å². The third kappa shape index (κ3) is 7.76. The Bertz CT molecular complexity index is 1050. The molecule has 2 fully saturated rings. The smallest absolute Gasteiger partial charge is 0.417 e. The lowest BCUT2D eigenvalue weighted by Crippen LogP contribution is -2.49. The van der Waals surface area contributed by atoms with Gasteiger partial charge in [0.1, 0.15) is 5.60 Å². The van der Waals surface area contributed by atoms with Crippen LogP contribution in [0.2, 0.25) is 0 Å². The summed E-state index contributed by atoms with van der Waals surface area (Å²) in [6.45, 7) is 5.71. The Kier molecular flexibility index (Phi) is 8.78. The van der Waals surface area contributed by atoms with Crippen LogP contribution in [-0.2, 0) is 17.1 Å². The number of ether oxygens (including phenoxy) is 1. The number of benzene rings is 1. The van der Waals surface area contributed by atoms with Crippen molar-refractivity contribution in [3.05, 3.63) is 34.9 Å². The van der Waals surface area contributed by atoms with Gasteiger partial charge in [-0.05, 0) is 64.7 Å². The standard InChI is InChI=1S/C25H31F6N3O5/c1-23(2,3)39-22(38)34(19-7-10-33(14-19)18-5-4-8-32(9-6-18)21(36)37)20(35)15-11-16(24(26,27)28)13-17(12-15)25(29,30)31/h11-13,18-19H,4-10,14H2,1-3H3,(H,36,37). The SMILES string of the molecule is CC(C)(C)OC(=O)N(C(=O)c1cc(C(F)(F)F)cc(C(F)(F)F)c1)C1CCN(C2CCCN(C(=O)O)CC2)C1. The number of rotatable bonds is 3. The fourth-order valence-electron chi connectivity index (χ4n) is 4.87. The van der Waals surface area contributed by atoms with E-state index in [1.165, 1.54) is 25.7 Å². The third-order valence-electron chi connectivity index (χ3n) is 6.69. The van der Waals surface area contributed by atoms with Crippen LogP contribution in [0.3, 0.4) is 0 Å². The molecule has 39 heavy (non-hydrogen) atoms. The normalized spacial score (nSPS) is 21.4. The van der Waals surface area contributed by atoms with Gasteiger partial charge in [0.15, 0.2) is 0 Å². The molecule has 2 aliphatic rings. The number of hydrogen-bond acceptors (Lipinski definition) is 5. The Hall–Kier alpha value is -3.03. The second-order valence-electron chi connectivity index (χ2n) is 10.7. The zero-order valence-electron chi connectivity index (χ0n) is 21.7. The van der Waals surface area contributed by atoms with Crippen molar-refractivity contribution in [1.82, 2.24) is 14.7 Å². The summed E-state index contributed by atoms with van der Waals surface area (Å²) in [6.07, 6.45) is -10.6. The minimum atomic E-state index is -5.17. The highest BCUT2D eigenvalue weighted by atomic mass is 19.4. The molecule has 1 aromatic carbocycles. The first-order chi connectivity index (χ1) is 17.9. The maximum atomic E-state index is 13.5. The Labute approximate surface area is 221 Å². The minimum Gasteiger partial charge on any atom is -0.465 e. The molecule has 0 aliphatic carbocycles. The van der Waals surface area contributed by atoms with Gasteiger partial charge in [0.25, 0.3) is 5.91 Å². The van der Waals surface area contributed by atoms with E-state index < -0.39 is 58.8 Å². The van der Waals surface area contributed by atoms with E-state index in [1.807, 2.05) is 4.90 Å². The lowest BCUT2D eigenvalue weighted by Gasteiger charge is -2.32. The second-order valence-corrected chi connectivity index (χ2v) is 10.7. The molecular formula is C25H31F6N3O5. The van der Waals surface area contributed by atoms with Crippen LogP contribution in [0.1, 0.15) is 67.9 Å². The molecule has 2 unspecified atom stereocenters. The number of halogens is 6. The van der Waals surface area contributed by atoms with Crippen molar-refractivity contribution in [2.75, 3.05) is 26.2 Å². The monoisotopic (exact) mass is 567 g/mol. The highest BCUT2D eigenvalue weighted by Gasteiger charge is 2.42. The quantitative estimate of drug-likeness (QED) is 0.471. The topological polar surface area (TPSA) is 90.4 Å². The maximum Gasteiger partial charge on any atom is 0.417 e. The molecule has 0 radical (unpaired) electrons. The number of carboxylic acid groups (broad SMARTS) is 1. The van der Waals surface area contributed by atoms with Crippen LogP contribution < -0.4 is 0 Å². The van der Waals surface area contributed by atoms with Gasteiger partial charge < -0.3 is 14.7 Å². The van der Waals surface area contributed by atoms with Gasteiger partial charge in [-0.3, -0.25) is 9.69 Å². The first kappa shape index (κ1) is 30.5. The first-order valence-corrected chi connectivity index (χ1v) is 12.4. The average molecular weight is 568 g/mol. The van der Waals surface area contributed by atoms with Gasteiger partial charge in [-0.25, -0.2) is 14.5 Å². The van der Waals surface area contributed by atoms with Crippen molar-refractivity contribution >= 4 is 18.1 Å². The summed E-state index contributed by atoms with van der Waals surface area (Å²) < 4.78 is 85.8. The molecule has 2 saturated heterocycles. The molecular weight excluding hydrogens is 536 g/mol. The largest absolute Gasteiger partial charge is 0.465 e. The number of imide groups is 1. The molecule has 2 aliphatic heterocycles. The van der Waals surface area contributed by atoms with Crippen LogP contribution in [0.15, 0.2) is 18.2 Å². The summed E-state index contributed by atoms with van der Waals surface area (Å²) in [5.74, 6) is -1.33. The molecule has 3 rings (SSSR count). The summed E-state index contributed by atoms with van der Waals surface area (Å²) in [6, 6.07) is -0.436. The van der Waals surface area contributed by atoms with E-state index in [4.69, 9.17) is 4.74 Å². The van der Waals surface area contributed by atoms with Crippen LogP contribution in [0.25, 0.3) is 0 Å². The van der Waals surface area contributed by atoms with Gasteiger partial charge in [0.05, 0.1) is 17.2 Å². The highest BCUT2D eigenvalue weighted by Crippen LogP contribution is 2.37. The maximum absolute atomic E-state index is 13.5. The number of likely N-dealkylation sites (tertiary alicyclic amines) is 2. The molecule has 8 nitrogen and oxygen atoms in total. The summed E-state index contributed by atoms with van der Waals surface area (Å²) in [5, 5.41) is 9.27. The van der Waals surface area contributed by atoms with Gasteiger partial charge in [-0.15, -0.1) is 0 Å². The summed E-state index contributed by atoms with van der Waals surface area (Å²) >= 11 is 0. The lowest BCUT2D eigenvalue weighted by atomic mass is 10.0. The Morgan fingerprint density at radius 1 is 0.897 bits per heavy atom. The first-order valence-electron chi connectivity index (χ1n) is 12.4. The molecule has 0 bridgehead atoms. The molecule has 2 atom stereocenters. The lowest BCUT2D eigenvalue weighted by molar-refractivity contribution is -0.143. The third-order valence-corrected chi connectivity index (χ3v) is 6.69. The number of carbonyl (C=O) groups excluding carboxylic acids is 2. The van der Waals surface area contributed by atoms with Crippen LogP contribution in [0.5, 0.6) is 0 Å². The van der Waals surface area contributed by atoms with Gasteiger partial charge in [-0.2, -0.15) is 26.3 Å². The van der Waals surface area contributed by atoms with Crippen molar-refractivity contribution < 1.29 is 50.6 Å². The van der Waals surface area contributed by atoms with Crippen LogP contribution in [0, 0.1) is 0 Å². The Balaban J connectivity index is 1.93. The van der Waals surface area contributed by atoms with Crippen molar-refractivity contribution in [3.8, 4) is 0 Å². The summed E-state index contributed by atoms with van der Waals surface area (Å²) in [4.78, 5) is 41.8. The van der Waals surface area contributed by atoms with E-state index in [2.05, 4.69) is 0 Å². The molecule has 1 N–H and O–H groups in total. The fourth-order valence-corrected chi connectivity index (χ4v) is 4.87. The Morgan fingerprint density at radius 3 is 2.00 bits per heavy atom. The van der Waals surface area contributed by atoms with E-state index >= 15 is 0 Å². The number of alkyl halides is 6. The van der Waals surface area contributed by atoms with E-state index in [0.717, 1.165) is 0 Å².